The molecule has 122 valence electrons. The number of benzene rings is 2. The highest BCUT2D eigenvalue weighted by Crippen LogP contribution is 2.39. The summed E-state index contributed by atoms with van der Waals surface area (Å²) < 4.78 is 4.43. The Kier molecular flexibility index (Phi) is 3.62. The summed E-state index contributed by atoms with van der Waals surface area (Å²) in [6, 6.07) is 6.33. The molecule has 0 unspecified atom stereocenters. The van der Waals surface area contributed by atoms with E-state index in [1.54, 1.807) is 0 Å². The average Bonchev–Trinajstić information content (AvgIpc) is 2.88. The predicted octanol–water partition coefficient (Wildman–Crippen LogP) is 2.67. The number of rotatable bonds is 4. The van der Waals surface area contributed by atoms with Crippen LogP contribution in [0.3, 0.4) is 0 Å². The number of nitro benzene ring substituents is 2. The molecule has 0 bridgehead atoms. The summed E-state index contributed by atoms with van der Waals surface area (Å²) in [6.07, 6.45) is 0. The van der Waals surface area contributed by atoms with Crippen LogP contribution in [0.5, 0.6) is 0 Å². The lowest BCUT2D eigenvalue weighted by molar-refractivity contribution is -0.782. The zero-order valence-electron chi connectivity index (χ0n) is 11.5. The van der Waals surface area contributed by atoms with Gasteiger partial charge in [-0.1, -0.05) is 17.7 Å². The summed E-state index contributed by atoms with van der Waals surface area (Å²) in [7, 11) is 0. The first-order valence-electron chi connectivity index (χ1n) is 6.26. The van der Waals surface area contributed by atoms with Gasteiger partial charge in [-0.15, -0.1) is 0 Å². The van der Waals surface area contributed by atoms with E-state index in [1.165, 1.54) is 24.3 Å². The van der Waals surface area contributed by atoms with Gasteiger partial charge >= 0.3 is 5.69 Å². The molecule has 0 saturated heterocycles. The summed E-state index contributed by atoms with van der Waals surface area (Å²) in [5, 5.41) is 39.4. The summed E-state index contributed by atoms with van der Waals surface area (Å²) in [4.78, 5) is 20.8. The first-order chi connectivity index (χ1) is 11.4. The van der Waals surface area contributed by atoms with E-state index in [4.69, 9.17) is 11.6 Å². The third-order valence-corrected chi connectivity index (χ3v) is 3.41. The van der Waals surface area contributed by atoms with Gasteiger partial charge < -0.3 is 10.5 Å². The van der Waals surface area contributed by atoms with Crippen LogP contribution in [0.1, 0.15) is 0 Å². The van der Waals surface area contributed by atoms with E-state index in [2.05, 4.69) is 15.1 Å². The van der Waals surface area contributed by atoms with E-state index in [1.807, 2.05) is 0 Å². The van der Waals surface area contributed by atoms with E-state index < -0.39 is 15.5 Å². The first-order valence-corrected chi connectivity index (χ1v) is 6.64. The van der Waals surface area contributed by atoms with Crippen LogP contribution in [0.4, 0.5) is 22.7 Å². The van der Waals surface area contributed by atoms with Gasteiger partial charge in [0.05, 0.1) is 9.85 Å². The number of hydrogen-bond donors (Lipinski definition) is 1. The van der Waals surface area contributed by atoms with E-state index in [9.17, 15) is 25.4 Å². The van der Waals surface area contributed by atoms with Gasteiger partial charge in [-0.25, -0.2) is 0 Å². The van der Waals surface area contributed by atoms with Crippen LogP contribution >= 0.6 is 11.6 Å². The van der Waals surface area contributed by atoms with E-state index in [0.717, 1.165) is 6.07 Å². The van der Waals surface area contributed by atoms with Gasteiger partial charge in [-0.3, -0.25) is 24.9 Å². The number of nitrogens with zero attached hydrogens (tertiary/aromatic N) is 4. The number of aromatic nitrogens is 2. The Balaban J connectivity index is 2.21. The van der Waals surface area contributed by atoms with Crippen molar-refractivity contribution in [2.24, 2.45) is 0 Å². The SMILES string of the molecule is O=[N+]([O-])c1cccc(Nc2c([N+](=O)[O-])c(Cl)cc3c2no[n+]3[O-])c1. The van der Waals surface area contributed by atoms with Gasteiger partial charge in [0, 0.05) is 29.0 Å². The number of fused-ring (bicyclic) bond motifs is 1. The highest BCUT2D eigenvalue weighted by Gasteiger charge is 2.29. The fraction of sp³-hybridized carbons (Fsp3) is 0. The number of halogens is 1. The molecule has 0 aliphatic heterocycles. The maximum Gasteiger partial charge on any atom is 0.316 e. The second kappa shape index (κ2) is 5.62. The van der Waals surface area contributed by atoms with Gasteiger partial charge in [-0.2, -0.15) is 0 Å². The van der Waals surface area contributed by atoms with Crippen LogP contribution in [0.25, 0.3) is 11.0 Å². The van der Waals surface area contributed by atoms with E-state index >= 15 is 0 Å². The molecule has 0 atom stereocenters. The van der Waals surface area contributed by atoms with Crippen LogP contribution < -0.4 is 10.2 Å². The number of hydrogen-bond acceptors (Lipinski definition) is 8. The Bertz CT molecular complexity index is 987. The largest absolute Gasteiger partial charge is 0.359 e. The molecule has 2 aromatic carbocycles. The van der Waals surface area contributed by atoms with Crippen molar-refractivity contribution in [2.45, 2.75) is 0 Å². The van der Waals surface area contributed by atoms with Gasteiger partial charge in [0.15, 0.2) is 5.69 Å². The first kappa shape index (κ1) is 15.4. The monoisotopic (exact) mass is 351 g/mol. The topological polar surface area (TPSA) is 151 Å². The van der Waals surface area contributed by atoms with Crippen molar-refractivity contribution in [3.8, 4) is 0 Å². The zero-order valence-corrected chi connectivity index (χ0v) is 12.3. The average molecular weight is 352 g/mol. The van der Waals surface area contributed by atoms with Crippen molar-refractivity contribution in [2.75, 3.05) is 5.32 Å². The summed E-state index contributed by atoms with van der Waals surface area (Å²) in [6.45, 7) is 0. The highest BCUT2D eigenvalue weighted by molar-refractivity contribution is 6.34. The number of anilines is 2. The fourth-order valence-electron chi connectivity index (χ4n) is 2.11. The predicted molar refractivity (Wildman–Crippen MR) is 81.0 cm³/mol. The Morgan fingerprint density at radius 3 is 2.62 bits per heavy atom. The second-order valence-electron chi connectivity index (χ2n) is 4.57. The molecule has 0 aliphatic rings. The fourth-order valence-corrected chi connectivity index (χ4v) is 2.38. The Hall–Kier alpha value is -3.47. The molecule has 3 aromatic rings. The molecule has 0 saturated carbocycles. The van der Waals surface area contributed by atoms with Crippen molar-refractivity contribution in [1.82, 2.24) is 5.16 Å². The van der Waals surface area contributed by atoms with Crippen molar-refractivity contribution in [3.63, 3.8) is 0 Å². The summed E-state index contributed by atoms with van der Waals surface area (Å²) in [5.74, 6) is 0. The molecule has 0 spiro atoms. The van der Waals surface area contributed by atoms with Gasteiger partial charge in [0.25, 0.3) is 11.2 Å². The molecule has 12 heteroatoms. The molecule has 1 N–H and O–H groups in total. The highest BCUT2D eigenvalue weighted by atomic mass is 35.5. The maximum atomic E-state index is 11.5. The molecule has 0 aliphatic carbocycles. The number of non-ortho nitro benzene ring substituents is 1. The summed E-state index contributed by atoms with van der Waals surface area (Å²) >= 11 is 5.87. The molecule has 0 amide bonds. The second-order valence-corrected chi connectivity index (χ2v) is 4.98. The number of nitro groups is 2. The molecule has 1 aromatic heterocycles. The van der Waals surface area contributed by atoms with Crippen LogP contribution in [-0.4, -0.2) is 15.0 Å². The van der Waals surface area contributed by atoms with Crippen LogP contribution in [0.2, 0.25) is 5.02 Å². The van der Waals surface area contributed by atoms with E-state index in [-0.39, 0.29) is 38.0 Å². The van der Waals surface area contributed by atoms with Crippen molar-refractivity contribution in [3.05, 3.63) is 60.8 Å². The quantitative estimate of drug-likeness (QED) is 0.427. The third-order valence-electron chi connectivity index (χ3n) is 3.12. The maximum absolute atomic E-state index is 11.5. The normalized spacial score (nSPS) is 10.7. The Morgan fingerprint density at radius 1 is 1.21 bits per heavy atom. The number of nitrogens with one attached hydrogen (secondary N) is 1. The Morgan fingerprint density at radius 2 is 1.96 bits per heavy atom. The lowest BCUT2D eigenvalue weighted by atomic mass is 10.2. The molecule has 11 nitrogen and oxygen atoms in total. The van der Waals surface area contributed by atoms with Crippen LogP contribution in [0.15, 0.2) is 35.0 Å². The standard InChI is InChI=1S/C12H6ClN5O6/c13-8-5-9-10(15-24-18(9)23)11(12(8)17(21)22)14-6-2-1-3-7(4-6)16(19)20/h1-5,14H. The van der Waals surface area contributed by atoms with Crippen LogP contribution in [0, 0.1) is 25.4 Å². The third kappa shape index (κ3) is 2.52. The van der Waals surface area contributed by atoms with Crippen molar-refractivity contribution >= 4 is 45.4 Å². The lowest BCUT2D eigenvalue weighted by Gasteiger charge is -2.06. The van der Waals surface area contributed by atoms with Crippen molar-refractivity contribution in [1.29, 1.82) is 0 Å². The molecule has 0 fully saturated rings. The Labute approximate surface area is 136 Å². The molecule has 1 heterocycles. The minimum atomic E-state index is -0.759. The molecular formula is C12H6ClN5O6. The van der Waals surface area contributed by atoms with Gasteiger partial charge in [0.1, 0.15) is 5.02 Å². The molecular weight excluding hydrogens is 346 g/mol. The van der Waals surface area contributed by atoms with Crippen molar-refractivity contribution < 1.29 is 19.4 Å². The summed E-state index contributed by atoms with van der Waals surface area (Å²) in [5.41, 5.74) is -1.05. The van der Waals surface area contributed by atoms with Gasteiger partial charge in [0.2, 0.25) is 5.52 Å². The van der Waals surface area contributed by atoms with Crippen LogP contribution in [-0.2, 0) is 0 Å². The minimum absolute atomic E-state index is 0.0452. The lowest BCUT2D eigenvalue weighted by Crippen LogP contribution is -2.22. The zero-order chi connectivity index (χ0) is 17.4. The molecule has 3 rings (SSSR count). The van der Waals surface area contributed by atoms with E-state index in [0.29, 0.717) is 0 Å². The molecule has 24 heavy (non-hydrogen) atoms. The molecule has 0 radical (unpaired) electrons. The van der Waals surface area contributed by atoms with Gasteiger partial charge in [-0.05, 0) is 11.0 Å². The minimum Gasteiger partial charge on any atom is -0.359 e. The smallest absolute Gasteiger partial charge is 0.316 e.